The molecular formula is C10H13FN2O5. The summed E-state index contributed by atoms with van der Waals surface area (Å²) < 4.78 is 24.9. The summed E-state index contributed by atoms with van der Waals surface area (Å²) in [6, 6.07) is 1.13. The van der Waals surface area contributed by atoms with Crippen molar-refractivity contribution in [1.29, 1.82) is 0 Å². The quantitative estimate of drug-likeness (QED) is 0.736. The van der Waals surface area contributed by atoms with E-state index >= 15 is 0 Å². The van der Waals surface area contributed by atoms with Gasteiger partial charge in [0, 0.05) is 25.8 Å². The van der Waals surface area contributed by atoms with Crippen molar-refractivity contribution in [3.8, 4) is 0 Å². The first-order chi connectivity index (χ1) is 8.52. The lowest BCUT2D eigenvalue weighted by molar-refractivity contribution is -0.260. The first-order valence-electron chi connectivity index (χ1n) is 5.32. The van der Waals surface area contributed by atoms with Gasteiger partial charge in [-0.2, -0.15) is 0 Å². The summed E-state index contributed by atoms with van der Waals surface area (Å²) in [5, 5.41) is 9.13. The van der Waals surface area contributed by atoms with E-state index in [1.54, 1.807) is 0 Å². The van der Waals surface area contributed by atoms with Gasteiger partial charge in [0.15, 0.2) is 6.17 Å². The van der Waals surface area contributed by atoms with Gasteiger partial charge in [-0.3, -0.25) is 14.3 Å². The van der Waals surface area contributed by atoms with E-state index < -0.39 is 36.0 Å². The van der Waals surface area contributed by atoms with Crippen molar-refractivity contribution in [2.45, 2.75) is 24.6 Å². The van der Waals surface area contributed by atoms with Gasteiger partial charge in [-0.1, -0.05) is 0 Å². The van der Waals surface area contributed by atoms with Crippen LogP contribution in [0.4, 0.5) is 4.39 Å². The van der Waals surface area contributed by atoms with Crippen molar-refractivity contribution in [2.75, 3.05) is 13.7 Å². The number of rotatable bonds is 3. The van der Waals surface area contributed by atoms with Gasteiger partial charge >= 0.3 is 5.69 Å². The Morgan fingerprint density at radius 1 is 1.72 bits per heavy atom. The lowest BCUT2D eigenvalue weighted by Gasteiger charge is -2.26. The van der Waals surface area contributed by atoms with Gasteiger partial charge in [-0.15, -0.1) is 0 Å². The van der Waals surface area contributed by atoms with E-state index in [4.69, 9.17) is 14.6 Å². The molecule has 1 aromatic heterocycles. The fraction of sp³-hybridized carbons (Fsp3) is 0.600. The van der Waals surface area contributed by atoms with E-state index in [9.17, 15) is 14.0 Å². The Bertz CT molecular complexity index is 536. The molecule has 2 N–H and O–H groups in total. The average molecular weight is 260 g/mol. The number of ether oxygens (including phenoxy) is 2. The maximum absolute atomic E-state index is 13.8. The van der Waals surface area contributed by atoms with Crippen LogP contribution >= 0.6 is 0 Å². The predicted molar refractivity (Wildman–Crippen MR) is 57.8 cm³/mol. The largest absolute Gasteiger partial charge is 0.391 e. The van der Waals surface area contributed by atoms with E-state index in [1.165, 1.54) is 13.3 Å². The third-order valence-electron chi connectivity index (χ3n) is 2.95. The summed E-state index contributed by atoms with van der Waals surface area (Å²) in [4.78, 5) is 24.5. The molecule has 0 aromatic carbocycles. The lowest BCUT2D eigenvalue weighted by atomic mass is 10.1. The molecule has 2 heterocycles. The molecule has 1 fully saturated rings. The van der Waals surface area contributed by atoms with Gasteiger partial charge in [0.25, 0.3) is 5.56 Å². The highest BCUT2D eigenvalue weighted by Crippen LogP contribution is 2.38. The van der Waals surface area contributed by atoms with Crippen LogP contribution in [0.15, 0.2) is 21.9 Å². The normalized spacial score (nSPS) is 31.7. The summed E-state index contributed by atoms with van der Waals surface area (Å²) in [5.41, 5.74) is -1.25. The third kappa shape index (κ3) is 1.98. The van der Waals surface area contributed by atoms with Crippen LogP contribution in [0.1, 0.15) is 12.6 Å². The van der Waals surface area contributed by atoms with E-state index in [0.29, 0.717) is 0 Å². The Hall–Kier alpha value is -1.51. The molecule has 1 saturated heterocycles. The number of H-pyrrole nitrogens is 1. The van der Waals surface area contributed by atoms with Crippen LogP contribution in [0, 0.1) is 0 Å². The zero-order chi connectivity index (χ0) is 13.3. The maximum atomic E-state index is 13.8. The monoisotopic (exact) mass is 260 g/mol. The SMILES string of the molecule is CO[C@]1(CO)O[C@@H](n2ccc(=O)[nH]c2=O)C[C@@H]1F. The van der Waals surface area contributed by atoms with E-state index in [0.717, 1.165) is 10.6 Å². The number of hydrogen-bond acceptors (Lipinski definition) is 5. The van der Waals surface area contributed by atoms with Crippen LogP contribution in [0.5, 0.6) is 0 Å². The fourth-order valence-electron chi connectivity index (χ4n) is 1.91. The van der Waals surface area contributed by atoms with Crippen LogP contribution < -0.4 is 11.2 Å². The smallest absolute Gasteiger partial charge is 0.330 e. The minimum Gasteiger partial charge on any atom is -0.391 e. The number of nitrogens with zero attached hydrogens (tertiary/aromatic N) is 1. The predicted octanol–water partition coefficient (Wildman–Crippen LogP) is -0.871. The number of nitrogens with one attached hydrogen (secondary N) is 1. The number of aromatic nitrogens is 2. The molecule has 0 aliphatic carbocycles. The molecule has 0 saturated carbocycles. The summed E-state index contributed by atoms with van der Waals surface area (Å²) in [5.74, 6) is -1.76. The molecule has 1 aromatic rings. The van der Waals surface area contributed by atoms with Gasteiger partial charge in [-0.05, 0) is 0 Å². The van der Waals surface area contributed by atoms with Crippen LogP contribution in [-0.4, -0.2) is 40.3 Å². The minimum absolute atomic E-state index is 0.152. The number of aliphatic hydroxyl groups is 1. The second kappa shape index (κ2) is 4.63. The van der Waals surface area contributed by atoms with Crippen LogP contribution in [-0.2, 0) is 9.47 Å². The molecule has 18 heavy (non-hydrogen) atoms. The number of aromatic amines is 1. The first-order valence-corrected chi connectivity index (χ1v) is 5.32. The molecule has 2 rings (SSSR count). The number of aliphatic hydroxyl groups excluding tert-OH is 1. The van der Waals surface area contributed by atoms with Crippen molar-refractivity contribution in [3.63, 3.8) is 0 Å². The molecule has 1 aliphatic rings. The van der Waals surface area contributed by atoms with Crippen molar-refractivity contribution in [3.05, 3.63) is 33.1 Å². The van der Waals surface area contributed by atoms with Gasteiger partial charge < -0.3 is 14.6 Å². The number of halogens is 1. The van der Waals surface area contributed by atoms with Crippen LogP contribution in [0.3, 0.4) is 0 Å². The van der Waals surface area contributed by atoms with Gasteiger partial charge in [-0.25, -0.2) is 9.18 Å². The zero-order valence-electron chi connectivity index (χ0n) is 9.63. The molecule has 1 aliphatic heterocycles. The van der Waals surface area contributed by atoms with Crippen LogP contribution in [0.2, 0.25) is 0 Å². The Morgan fingerprint density at radius 3 is 2.94 bits per heavy atom. The highest BCUT2D eigenvalue weighted by Gasteiger charge is 2.50. The summed E-state index contributed by atoms with van der Waals surface area (Å²) >= 11 is 0. The molecular weight excluding hydrogens is 247 g/mol. The standard InChI is InChI=1S/C10H13FN2O5/c1-17-10(5-14)6(11)4-8(18-10)13-3-2-7(15)12-9(13)16/h2-3,6,8,14H,4-5H2,1H3,(H,12,15,16)/t6-,8+,10+/m0/s1. The fourth-order valence-corrected chi connectivity index (χ4v) is 1.91. The van der Waals surface area contributed by atoms with Gasteiger partial charge in [0.2, 0.25) is 5.79 Å². The maximum Gasteiger partial charge on any atom is 0.330 e. The average Bonchev–Trinajstić information content (AvgIpc) is 2.67. The molecule has 100 valence electrons. The highest BCUT2D eigenvalue weighted by atomic mass is 19.1. The van der Waals surface area contributed by atoms with E-state index in [1.807, 2.05) is 4.98 Å². The third-order valence-corrected chi connectivity index (χ3v) is 2.95. The summed E-state index contributed by atoms with van der Waals surface area (Å²) in [6.45, 7) is -0.667. The Labute approximate surface area is 101 Å². The number of hydrogen-bond donors (Lipinski definition) is 2. The van der Waals surface area contributed by atoms with Crippen molar-refractivity contribution in [1.82, 2.24) is 9.55 Å². The Kier molecular flexibility index (Phi) is 3.33. The van der Waals surface area contributed by atoms with Crippen molar-refractivity contribution < 1.29 is 19.0 Å². The molecule has 3 atom stereocenters. The topological polar surface area (TPSA) is 93.5 Å². The molecule has 0 spiro atoms. The van der Waals surface area contributed by atoms with E-state index in [2.05, 4.69) is 0 Å². The molecule has 7 nitrogen and oxygen atoms in total. The molecule has 0 bridgehead atoms. The Morgan fingerprint density at radius 2 is 2.44 bits per heavy atom. The summed E-state index contributed by atoms with van der Waals surface area (Å²) in [7, 11) is 1.21. The molecule has 8 heteroatoms. The molecule has 0 radical (unpaired) electrons. The first kappa shape index (κ1) is 12.9. The van der Waals surface area contributed by atoms with Crippen LogP contribution in [0.25, 0.3) is 0 Å². The van der Waals surface area contributed by atoms with Gasteiger partial charge in [0.1, 0.15) is 12.8 Å². The number of alkyl halides is 1. The lowest BCUT2D eigenvalue weighted by Crippen LogP contribution is -2.43. The van der Waals surface area contributed by atoms with Crippen molar-refractivity contribution in [2.24, 2.45) is 0 Å². The van der Waals surface area contributed by atoms with E-state index in [-0.39, 0.29) is 6.42 Å². The molecule has 0 amide bonds. The highest BCUT2D eigenvalue weighted by molar-refractivity contribution is 4.92. The van der Waals surface area contributed by atoms with Crippen molar-refractivity contribution >= 4 is 0 Å². The molecule has 0 unspecified atom stereocenters. The van der Waals surface area contributed by atoms with Gasteiger partial charge in [0.05, 0.1) is 0 Å². The number of methoxy groups -OCH3 is 1. The minimum atomic E-state index is -1.76. The second-order valence-corrected chi connectivity index (χ2v) is 3.97. The zero-order valence-corrected chi connectivity index (χ0v) is 9.63. The Balaban J connectivity index is 2.32. The summed E-state index contributed by atoms with van der Waals surface area (Å²) in [6.07, 6.45) is -1.45. The second-order valence-electron chi connectivity index (χ2n) is 3.97.